The molecule has 1 aromatic rings. The van der Waals surface area contributed by atoms with Crippen molar-refractivity contribution in [2.75, 3.05) is 0 Å². The Kier molecular flexibility index (Phi) is 8.56. The minimum Gasteiger partial charge on any atom is -0.459 e. The fourth-order valence-corrected chi connectivity index (χ4v) is 5.29. The summed E-state index contributed by atoms with van der Waals surface area (Å²) in [6, 6.07) is 5.18. The molecule has 0 bridgehead atoms. The van der Waals surface area contributed by atoms with Crippen molar-refractivity contribution in [3.8, 4) is 0 Å². The predicted octanol–water partition coefficient (Wildman–Crippen LogP) is 7.81. The minimum atomic E-state index is -0.488. The summed E-state index contributed by atoms with van der Waals surface area (Å²) in [4.78, 5) is 12.5. The van der Waals surface area contributed by atoms with Crippen LogP contribution >= 0.6 is 0 Å². The summed E-state index contributed by atoms with van der Waals surface area (Å²) in [5.41, 5.74) is 1.14. The molecule has 0 spiro atoms. The summed E-state index contributed by atoms with van der Waals surface area (Å²) in [5.74, 6) is 1.12. The molecule has 3 rings (SSSR count). The van der Waals surface area contributed by atoms with Gasteiger partial charge in [-0.2, -0.15) is 0 Å². The van der Waals surface area contributed by atoms with E-state index in [9.17, 15) is 9.18 Å². The Labute approximate surface area is 176 Å². The van der Waals surface area contributed by atoms with Crippen molar-refractivity contribution in [3.05, 3.63) is 35.1 Å². The molecule has 0 unspecified atom stereocenters. The van der Waals surface area contributed by atoms with E-state index in [0.29, 0.717) is 5.92 Å². The first kappa shape index (κ1) is 22.3. The molecular weight excluding hydrogens is 363 g/mol. The molecule has 0 amide bonds. The fraction of sp³-hybridized carbons (Fsp3) is 0.731. The standard InChI is InChI=1S/C26H39FO2/c1-3-5-6-7-20-10-15-23(16-11-20)29-26(28)24-17-14-22(18-25(24)27)21-12-8-19(4-2)9-13-21/h14,17-21,23H,3-13,15-16H2,1-2H3/t19-,20-,21-,23-. The van der Waals surface area contributed by atoms with Gasteiger partial charge in [-0.1, -0.05) is 52.0 Å². The van der Waals surface area contributed by atoms with Gasteiger partial charge in [0.15, 0.2) is 0 Å². The third kappa shape index (κ3) is 6.30. The third-order valence-electron chi connectivity index (χ3n) is 7.39. The highest BCUT2D eigenvalue weighted by Crippen LogP contribution is 2.37. The Morgan fingerprint density at radius 2 is 1.66 bits per heavy atom. The van der Waals surface area contributed by atoms with Crippen LogP contribution < -0.4 is 0 Å². The lowest BCUT2D eigenvalue weighted by Crippen LogP contribution is -2.25. The molecule has 2 aliphatic rings. The number of rotatable bonds is 8. The van der Waals surface area contributed by atoms with Gasteiger partial charge >= 0.3 is 5.97 Å². The molecule has 0 heterocycles. The first-order valence-electron chi connectivity index (χ1n) is 12.1. The van der Waals surface area contributed by atoms with E-state index in [1.807, 2.05) is 6.07 Å². The minimum absolute atomic E-state index is 0.0478. The Balaban J connectivity index is 1.49. The van der Waals surface area contributed by atoms with Gasteiger partial charge in [-0.3, -0.25) is 0 Å². The molecule has 3 heteroatoms. The summed E-state index contributed by atoms with van der Waals surface area (Å²) in [7, 11) is 0. The number of hydrogen-bond acceptors (Lipinski definition) is 2. The summed E-state index contributed by atoms with van der Waals surface area (Å²) in [5, 5.41) is 0. The summed E-state index contributed by atoms with van der Waals surface area (Å²) < 4.78 is 20.4. The van der Waals surface area contributed by atoms with Gasteiger partial charge in [0.1, 0.15) is 11.9 Å². The van der Waals surface area contributed by atoms with E-state index in [0.717, 1.165) is 55.9 Å². The zero-order chi connectivity index (χ0) is 20.6. The highest BCUT2D eigenvalue weighted by Gasteiger charge is 2.26. The second-order valence-electron chi connectivity index (χ2n) is 9.41. The number of unbranched alkanes of at least 4 members (excludes halogenated alkanes) is 2. The molecule has 2 fully saturated rings. The molecule has 0 saturated heterocycles. The molecule has 162 valence electrons. The van der Waals surface area contributed by atoms with Crippen LogP contribution in [0.5, 0.6) is 0 Å². The number of hydrogen-bond donors (Lipinski definition) is 0. The van der Waals surface area contributed by atoms with Gasteiger partial charge in [0.25, 0.3) is 0 Å². The topological polar surface area (TPSA) is 26.3 Å². The van der Waals surface area contributed by atoms with Gasteiger partial charge in [-0.15, -0.1) is 0 Å². The Bertz CT molecular complexity index is 640. The number of esters is 1. The van der Waals surface area contributed by atoms with E-state index in [4.69, 9.17) is 4.74 Å². The van der Waals surface area contributed by atoms with E-state index < -0.39 is 11.8 Å². The largest absolute Gasteiger partial charge is 0.459 e. The van der Waals surface area contributed by atoms with Crippen LogP contribution in [0.2, 0.25) is 0 Å². The van der Waals surface area contributed by atoms with Crippen LogP contribution in [0, 0.1) is 17.7 Å². The lowest BCUT2D eigenvalue weighted by Gasteiger charge is -2.29. The van der Waals surface area contributed by atoms with E-state index >= 15 is 0 Å². The summed E-state index contributed by atoms with van der Waals surface area (Å²) in [6.45, 7) is 4.49. The van der Waals surface area contributed by atoms with Crippen molar-refractivity contribution >= 4 is 5.97 Å². The maximum Gasteiger partial charge on any atom is 0.341 e. The van der Waals surface area contributed by atoms with Crippen LogP contribution in [0.4, 0.5) is 4.39 Å². The van der Waals surface area contributed by atoms with Gasteiger partial charge in [-0.25, -0.2) is 9.18 Å². The number of carbonyl (C=O) groups excluding carboxylic acids is 1. The maximum absolute atomic E-state index is 14.7. The van der Waals surface area contributed by atoms with E-state index in [1.54, 1.807) is 12.1 Å². The Morgan fingerprint density at radius 3 is 2.28 bits per heavy atom. The highest BCUT2D eigenvalue weighted by molar-refractivity contribution is 5.89. The lowest BCUT2D eigenvalue weighted by molar-refractivity contribution is 0.0156. The molecular formula is C26H39FO2. The molecule has 0 aliphatic heterocycles. The maximum atomic E-state index is 14.7. The second kappa shape index (κ2) is 11.1. The third-order valence-corrected chi connectivity index (χ3v) is 7.39. The highest BCUT2D eigenvalue weighted by atomic mass is 19.1. The van der Waals surface area contributed by atoms with Gasteiger partial charge < -0.3 is 4.74 Å². The lowest BCUT2D eigenvalue weighted by atomic mass is 9.78. The van der Waals surface area contributed by atoms with Gasteiger partial charge in [0.2, 0.25) is 0 Å². The average Bonchev–Trinajstić information content (AvgIpc) is 2.75. The smallest absolute Gasteiger partial charge is 0.341 e. The monoisotopic (exact) mass is 402 g/mol. The van der Waals surface area contributed by atoms with Gasteiger partial charge in [0.05, 0.1) is 5.56 Å². The molecule has 2 nitrogen and oxygen atoms in total. The number of ether oxygens (including phenoxy) is 1. The molecule has 0 aromatic heterocycles. The zero-order valence-corrected chi connectivity index (χ0v) is 18.4. The SMILES string of the molecule is CCCCC[C@H]1CC[C@H](OC(=O)c2ccc([C@H]3CC[C@H](CC)CC3)cc2F)CC1. The van der Waals surface area contributed by atoms with Crippen molar-refractivity contribution in [1.82, 2.24) is 0 Å². The van der Waals surface area contributed by atoms with Crippen molar-refractivity contribution in [1.29, 1.82) is 0 Å². The molecule has 0 radical (unpaired) electrons. The van der Waals surface area contributed by atoms with Crippen molar-refractivity contribution < 1.29 is 13.9 Å². The van der Waals surface area contributed by atoms with Crippen LogP contribution in [0.3, 0.4) is 0 Å². The van der Waals surface area contributed by atoms with Crippen molar-refractivity contribution in [2.45, 2.75) is 109 Å². The van der Waals surface area contributed by atoms with Gasteiger partial charge in [0, 0.05) is 0 Å². The van der Waals surface area contributed by atoms with Crippen LogP contribution in [0.25, 0.3) is 0 Å². The van der Waals surface area contributed by atoms with E-state index in [1.165, 1.54) is 44.9 Å². The number of benzene rings is 1. The van der Waals surface area contributed by atoms with Crippen LogP contribution in [0.15, 0.2) is 18.2 Å². The normalized spacial score (nSPS) is 27.6. The first-order chi connectivity index (χ1) is 14.1. The predicted molar refractivity (Wildman–Crippen MR) is 117 cm³/mol. The van der Waals surface area contributed by atoms with Crippen molar-refractivity contribution in [3.63, 3.8) is 0 Å². The number of carbonyl (C=O) groups is 1. The van der Waals surface area contributed by atoms with Crippen molar-refractivity contribution in [2.24, 2.45) is 11.8 Å². The fourth-order valence-electron chi connectivity index (χ4n) is 5.29. The Morgan fingerprint density at radius 1 is 0.966 bits per heavy atom. The average molecular weight is 403 g/mol. The van der Waals surface area contributed by atoms with Gasteiger partial charge in [-0.05, 0) is 86.8 Å². The molecule has 0 atom stereocenters. The zero-order valence-electron chi connectivity index (χ0n) is 18.4. The second-order valence-corrected chi connectivity index (χ2v) is 9.41. The summed E-state index contributed by atoms with van der Waals surface area (Å²) >= 11 is 0. The van der Waals surface area contributed by atoms with Crippen LogP contribution in [0.1, 0.15) is 119 Å². The number of halogens is 1. The van der Waals surface area contributed by atoms with Crippen LogP contribution in [-0.4, -0.2) is 12.1 Å². The molecule has 2 saturated carbocycles. The first-order valence-corrected chi connectivity index (χ1v) is 12.1. The molecule has 2 aliphatic carbocycles. The molecule has 1 aromatic carbocycles. The van der Waals surface area contributed by atoms with E-state index in [-0.39, 0.29) is 11.7 Å². The van der Waals surface area contributed by atoms with Crippen LogP contribution in [-0.2, 0) is 4.74 Å². The Hall–Kier alpha value is -1.38. The summed E-state index contributed by atoms with van der Waals surface area (Å²) in [6.07, 6.45) is 15.2. The molecule has 29 heavy (non-hydrogen) atoms. The quantitative estimate of drug-likeness (QED) is 0.327. The van der Waals surface area contributed by atoms with E-state index in [2.05, 4.69) is 13.8 Å². The molecule has 0 N–H and O–H groups in total.